The van der Waals surface area contributed by atoms with Crippen molar-refractivity contribution >= 4 is 45.0 Å². The van der Waals surface area contributed by atoms with E-state index >= 15 is 0 Å². The highest BCUT2D eigenvalue weighted by Crippen LogP contribution is 2.38. The van der Waals surface area contributed by atoms with Crippen molar-refractivity contribution in [2.24, 2.45) is 0 Å². The first-order chi connectivity index (χ1) is 17.7. The van der Waals surface area contributed by atoms with Crippen molar-refractivity contribution < 1.29 is 27.3 Å². The number of benzene rings is 1. The van der Waals surface area contributed by atoms with E-state index in [0.717, 1.165) is 31.4 Å². The number of rotatable bonds is 12. The average Bonchev–Trinajstić information content (AvgIpc) is 3.20. The largest absolute Gasteiger partial charge is 0.439 e. The van der Waals surface area contributed by atoms with Crippen LogP contribution in [-0.2, 0) is 19.7 Å². The Balaban J connectivity index is 1.81. The minimum atomic E-state index is -4.07. The fourth-order valence-electron chi connectivity index (χ4n) is 3.97. The Morgan fingerprint density at radius 3 is 2.05 bits per heavy atom. The Morgan fingerprint density at radius 1 is 0.892 bits per heavy atom. The lowest BCUT2D eigenvalue weighted by molar-refractivity contribution is -0.133. The Morgan fingerprint density at radius 2 is 1.46 bits per heavy atom. The third-order valence-electron chi connectivity index (χ3n) is 5.92. The topological polar surface area (TPSA) is 107 Å². The molecule has 1 aromatic carbocycles. The van der Waals surface area contributed by atoms with Crippen LogP contribution in [0.15, 0.2) is 60.0 Å². The second-order valence-corrected chi connectivity index (χ2v) is 10.7. The summed E-state index contributed by atoms with van der Waals surface area (Å²) in [5, 5.41) is 0.262. The Kier molecular flexibility index (Phi) is 10.0. The lowest BCUT2D eigenvalue weighted by atomic mass is 10.1. The van der Waals surface area contributed by atoms with Crippen molar-refractivity contribution in [2.45, 2.75) is 46.0 Å². The van der Waals surface area contributed by atoms with Crippen LogP contribution < -0.4 is 9.64 Å². The molecule has 0 unspecified atom stereocenters. The van der Waals surface area contributed by atoms with Gasteiger partial charge in [0.05, 0.1) is 11.4 Å². The van der Waals surface area contributed by atoms with Gasteiger partial charge < -0.3 is 9.64 Å². The molecule has 0 aromatic heterocycles. The third kappa shape index (κ3) is 7.27. The van der Waals surface area contributed by atoms with E-state index in [-0.39, 0.29) is 22.9 Å². The molecule has 0 bridgehead atoms. The number of para-hydroxylation sites is 2. The molecular formula is C26H33N3O6S2. The lowest BCUT2D eigenvalue weighted by Gasteiger charge is -2.36. The van der Waals surface area contributed by atoms with Crippen LogP contribution in [0.5, 0.6) is 5.75 Å². The van der Waals surface area contributed by atoms with Crippen molar-refractivity contribution in [3.63, 3.8) is 0 Å². The molecule has 3 rings (SSSR count). The highest BCUT2D eigenvalue weighted by molar-refractivity contribution is 7.85. The zero-order valence-corrected chi connectivity index (χ0v) is 22.8. The molecule has 2 aliphatic heterocycles. The van der Waals surface area contributed by atoms with Gasteiger partial charge >= 0.3 is 0 Å². The van der Waals surface area contributed by atoms with Gasteiger partial charge in [-0.25, -0.2) is 0 Å². The number of hydrogen-bond acceptors (Lipinski definition) is 7. The first-order valence-electron chi connectivity index (χ1n) is 12.4. The van der Waals surface area contributed by atoms with Gasteiger partial charge in [-0.1, -0.05) is 51.0 Å². The average molecular weight is 548 g/mol. The highest BCUT2D eigenvalue weighted by atomic mass is 32.2. The number of anilines is 1. The molecule has 0 saturated carbocycles. The normalized spacial score (nSPS) is 17.3. The zero-order chi connectivity index (χ0) is 27.0. The molecule has 37 heavy (non-hydrogen) atoms. The van der Waals surface area contributed by atoms with Crippen LogP contribution in [0, 0.1) is 0 Å². The molecule has 11 heteroatoms. The number of unbranched alkanes of at least 4 members (excludes halogenated alkanes) is 2. The summed E-state index contributed by atoms with van der Waals surface area (Å²) in [7, 11) is -4.07. The van der Waals surface area contributed by atoms with Crippen molar-refractivity contribution in [3.8, 4) is 5.75 Å². The van der Waals surface area contributed by atoms with Gasteiger partial charge in [0.1, 0.15) is 5.57 Å². The van der Waals surface area contributed by atoms with E-state index in [9.17, 15) is 18.0 Å². The molecule has 0 aliphatic carbocycles. The molecule has 0 spiro atoms. The van der Waals surface area contributed by atoms with Crippen LogP contribution in [-0.4, -0.2) is 65.1 Å². The van der Waals surface area contributed by atoms with Crippen LogP contribution in [0.25, 0.3) is 0 Å². The van der Waals surface area contributed by atoms with E-state index in [1.807, 2.05) is 36.9 Å². The fourth-order valence-corrected chi connectivity index (χ4v) is 4.82. The molecule has 1 fully saturated rings. The van der Waals surface area contributed by atoms with Gasteiger partial charge in [-0.05, 0) is 55.8 Å². The molecule has 9 nitrogen and oxygen atoms in total. The van der Waals surface area contributed by atoms with E-state index in [2.05, 4.69) is 0 Å². The quantitative estimate of drug-likeness (QED) is 0.181. The second kappa shape index (κ2) is 13.0. The molecule has 2 aliphatic rings. The molecule has 1 aromatic rings. The van der Waals surface area contributed by atoms with Crippen LogP contribution in [0.2, 0.25) is 0 Å². The minimum absolute atomic E-state index is 0.0519. The van der Waals surface area contributed by atoms with Crippen molar-refractivity contribution in [2.75, 3.05) is 30.3 Å². The molecule has 2 amide bonds. The summed E-state index contributed by atoms with van der Waals surface area (Å²) >= 11 is 5.48. The number of amides is 2. The third-order valence-corrected chi connectivity index (χ3v) is 7.16. The van der Waals surface area contributed by atoms with E-state index in [4.69, 9.17) is 21.5 Å². The van der Waals surface area contributed by atoms with Crippen LogP contribution in [0.4, 0.5) is 5.69 Å². The van der Waals surface area contributed by atoms with Crippen molar-refractivity contribution in [1.29, 1.82) is 0 Å². The summed E-state index contributed by atoms with van der Waals surface area (Å²) in [6.45, 7) is 5.28. The molecular weight excluding hydrogens is 514 g/mol. The SMILES string of the molecule is CCCCN1C(=O)C(=CC=CC=C2Oc3ccccc3N2CCCS(=O)(=O)O)C(=O)N(CCCC)C1=S. The van der Waals surface area contributed by atoms with E-state index in [1.165, 1.54) is 15.9 Å². The Labute approximate surface area is 223 Å². The second-order valence-electron chi connectivity index (χ2n) is 8.73. The molecule has 1 saturated heterocycles. The highest BCUT2D eigenvalue weighted by Gasteiger charge is 2.38. The number of ether oxygens (including phenoxy) is 1. The van der Waals surface area contributed by atoms with Crippen LogP contribution in [0.3, 0.4) is 0 Å². The predicted octanol–water partition coefficient (Wildman–Crippen LogP) is 4.04. The molecule has 1 N–H and O–H groups in total. The number of fused-ring (bicyclic) bond motifs is 1. The summed E-state index contributed by atoms with van der Waals surface area (Å²) in [4.78, 5) is 31.0. The van der Waals surface area contributed by atoms with Gasteiger partial charge in [0.2, 0.25) is 5.88 Å². The smallest absolute Gasteiger partial charge is 0.265 e. The van der Waals surface area contributed by atoms with Gasteiger partial charge in [-0.15, -0.1) is 0 Å². The van der Waals surface area contributed by atoms with Crippen LogP contribution in [0.1, 0.15) is 46.0 Å². The number of allylic oxidation sites excluding steroid dienone is 4. The number of thiocarbonyl (C=S) groups is 1. The van der Waals surface area contributed by atoms with Gasteiger partial charge in [0.25, 0.3) is 21.9 Å². The molecule has 0 radical (unpaired) electrons. The molecule has 2 heterocycles. The molecule has 0 atom stereocenters. The maximum absolute atomic E-state index is 13.1. The number of carbonyl (C=O) groups is 2. The lowest BCUT2D eigenvalue weighted by Crippen LogP contribution is -2.56. The summed E-state index contributed by atoms with van der Waals surface area (Å²) in [6.07, 6.45) is 9.98. The first-order valence-corrected chi connectivity index (χ1v) is 14.5. The molecule has 200 valence electrons. The monoisotopic (exact) mass is 547 g/mol. The van der Waals surface area contributed by atoms with Gasteiger partial charge in [0, 0.05) is 19.6 Å². The first kappa shape index (κ1) is 28.5. The van der Waals surface area contributed by atoms with Crippen molar-refractivity contribution in [3.05, 3.63) is 60.0 Å². The summed E-state index contributed by atoms with van der Waals surface area (Å²) in [5.74, 6) is -0.0788. The maximum atomic E-state index is 13.1. The Hall–Kier alpha value is -3.02. The number of carbonyl (C=O) groups excluding carboxylic acids is 2. The van der Waals surface area contributed by atoms with E-state index in [0.29, 0.717) is 31.3 Å². The van der Waals surface area contributed by atoms with Gasteiger partial charge in [-0.3, -0.25) is 23.9 Å². The number of nitrogens with zero attached hydrogens (tertiary/aromatic N) is 3. The number of hydrogen-bond donors (Lipinski definition) is 1. The summed E-state index contributed by atoms with van der Waals surface area (Å²) in [5.41, 5.74) is 0.830. The standard InChI is InChI=1S/C26H33N3O6S2/c1-3-5-16-28-24(30)20(25(31)29(26(28)36)17-6-4-2)12-7-10-15-23-27(18-11-19-37(32,33)34)21-13-8-9-14-22(21)35-23/h7-10,12-15H,3-6,11,16-19H2,1-2H3,(H,32,33,34). The summed E-state index contributed by atoms with van der Waals surface area (Å²) in [6, 6.07) is 7.33. The zero-order valence-electron chi connectivity index (χ0n) is 21.1. The van der Waals surface area contributed by atoms with Crippen LogP contribution >= 0.6 is 12.2 Å². The minimum Gasteiger partial charge on any atom is -0.439 e. The maximum Gasteiger partial charge on any atom is 0.265 e. The Bertz CT molecular complexity index is 1190. The fraction of sp³-hybridized carbons (Fsp3) is 0.423. The van der Waals surface area contributed by atoms with Crippen molar-refractivity contribution in [1.82, 2.24) is 9.80 Å². The van der Waals surface area contributed by atoms with Gasteiger partial charge in [0.15, 0.2) is 10.9 Å². The predicted molar refractivity (Wildman–Crippen MR) is 147 cm³/mol. The van der Waals surface area contributed by atoms with E-state index < -0.39 is 21.9 Å². The summed E-state index contributed by atoms with van der Waals surface area (Å²) < 4.78 is 37.2. The van der Waals surface area contributed by atoms with E-state index in [1.54, 1.807) is 24.3 Å². The van der Waals surface area contributed by atoms with Gasteiger partial charge in [-0.2, -0.15) is 8.42 Å².